The van der Waals surface area contributed by atoms with Gasteiger partial charge >= 0.3 is 0 Å². The Balaban J connectivity index is 1.45. The number of benzene rings is 4. The largest absolute Gasteiger partial charge is 0.327 e. The topological polar surface area (TPSA) is 56.9 Å². The van der Waals surface area contributed by atoms with Gasteiger partial charge in [0.2, 0.25) is 5.82 Å². The van der Waals surface area contributed by atoms with Crippen molar-refractivity contribution in [1.29, 1.82) is 0 Å². The van der Waals surface area contributed by atoms with Gasteiger partial charge < -0.3 is 4.57 Å². The monoisotopic (exact) mass is 569 g/mol. The molecule has 2 aromatic heterocycles. The molecule has 2 heterocycles. The van der Waals surface area contributed by atoms with E-state index in [0.29, 0.717) is 5.69 Å². The van der Waals surface area contributed by atoms with Crippen molar-refractivity contribution in [3.63, 3.8) is 0 Å². The van der Waals surface area contributed by atoms with Gasteiger partial charge in [-0.1, -0.05) is 42.5 Å². The normalized spacial score (nSPS) is 13.0. The molecule has 0 N–H and O–H groups in total. The lowest BCUT2D eigenvalue weighted by molar-refractivity contribution is 0.0990. The first-order valence-electron chi connectivity index (χ1n) is 12.7. The zero-order valence-corrected chi connectivity index (χ0v) is 21.6. The molecule has 10 heteroatoms. The van der Waals surface area contributed by atoms with Gasteiger partial charge in [0, 0.05) is 23.9 Å². The Bertz CT molecular complexity index is 2110. The Morgan fingerprint density at radius 1 is 0.690 bits per heavy atom. The van der Waals surface area contributed by atoms with E-state index in [1.165, 1.54) is 28.3 Å². The molecule has 0 saturated heterocycles. The first kappa shape index (κ1) is 25.6. The summed E-state index contributed by atoms with van der Waals surface area (Å²) < 4.78 is 74.1. The minimum atomic E-state index is -2.26. The Kier molecular flexibility index (Phi) is 5.52. The van der Waals surface area contributed by atoms with Crippen LogP contribution >= 0.6 is 0 Å². The lowest BCUT2D eigenvalue weighted by Gasteiger charge is -2.10. The van der Waals surface area contributed by atoms with Gasteiger partial charge in [-0.2, -0.15) is 0 Å². The number of imidazole rings is 1. The van der Waals surface area contributed by atoms with Crippen LogP contribution in [-0.2, 0) is 7.05 Å². The maximum absolute atomic E-state index is 14.8. The van der Waals surface area contributed by atoms with Gasteiger partial charge in [0.25, 0.3) is 0 Å². The van der Waals surface area contributed by atoms with Crippen molar-refractivity contribution in [2.24, 2.45) is 7.05 Å². The van der Waals surface area contributed by atoms with Crippen LogP contribution in [-0.4, -0.2) is 25.7 Å². The molecule has 0 spiro atoms. The van der Waals surface area contributed by atoms with Crippen LogP contribution < -0.4 is 0 Å². The molecule has 5 nitrogen and oxygen atoms in total. The highest BCUT2D eigenvalue weighted by atomic mass is 19.2. The maximum Gasteiger partial charge on any atom is 0.200 e. The molecule has 0 aliphatic heterocycles. The minimum absolute atomic E-state index is 0.116. The fraction of sp³-hybridized carbons (Fsp3) is 0.0312. The summed E-state index contributed by atoms with van der Waals surface area (Å²) >= 11 is 0. The number of fused-ring (bicyclic) bond motifs is 3. The van der Waals surface area contributed by atoms with E-state index in [0.717, 1.165) is 10.8 Å². The van der Waals surface area contributed by atoms with E-state index in [4.69, 9.17) is 0 Å². The highest BCUT2D eigenvalue weighted by Crippen LogP contribution is 2.37. The van der Waals surface area contributed by atoms with E-state index < -0.39 is 46.2 Å². The number of allylic oxidation sites excluding steroid dienone is 1. The molecule has 0 radical (unpaired) electrons. The second kappa shape index (κ2) is 9.07. The molecular formula is C32H16F5N3O2. The van der Waals surface area contributed by atoms with Gasteiger partial charge in [-0.3, -0.25) is 14.2 Å². The molecule has 206 valence electrons. The van der Waals surface area contributed by atoms with Crippen molar-refractivity contribution in [1.82, 2.24) is 14.1 Å². The summed E-state index contributed by atoms with van der Waals surface area (Å²) in [5.41, 5.74) is -0.120. The zero-order valence-electron chi connectivity index (χ0n) is 21.6. The molecule has 0 unspecified atom stereocenters. The number of carbonyl (C=O) groups is 2. The Hall–Kier alpha value is -5.38. The molecule has 0 saturated carbocycles. The van der Waals surface area contributed by atoms with Gasteiger partial charge in [-0.05, 0) is 47.2 Å². The number of carbonyl (C=O) groups excluding carboxylic acids is 2. The van der Waals surface area contributed by atoms with Crippen molar-refractivity contribution in [2.75, 3.05) is 0 Å². The van der Waals surface area contributed by atoms with Crippen molar-refractivity contribution in [3.8, 4) is 16.9 Å². The average molecular weight is 569 g/mol. The smallest absolute Gasteiger partial charge is 0.200 e. The number of para-hydroxylation sites is 1. The summed E-state index contributed by atoms with van der Waals surface area (Å²) in [5.74, 6) is -11.1. The summed E-state index contributed by atoms with van der Waals surface area (Å²) in [6, 6.07) is 20.5. The second-order valence-corrected chi connectivity index (χ2v) is 9.84. The fourth-order valence-corrected chi connectivity index (χ4v) is 5.44. The lowest BCUT2D eigenvalue weighted by atomic mass is 10.0. The highest BCUT2D eigenvalue weighted by molar-refractivity contribution is 6.42. The maximum atomic E-state index is 14.8. The van der Waals surface area contributed by atoms with Crippen LogP contribution in [0.5, 0.6) is 0 Å². The van der Waals surface area contributed by atoms with Gasteiger partial charge in [-0.15, -0.1) is 0 Å². The SMILES string of the molecule is Cn1c(-c2c(F)c(F)c(F)c(F)c2F)cc2c1nc(C=C1C(=O)c3cc4ccccc4cc3C1=O)n2-c1ccccc1. The first-order valence-corrected chi connectivity index (χ1v) is 12.7. The first-order chi connectivity index (χ1) is 20.2. The summed E-state index contributed by atoms with van der Waals surface area (Å²) in [7, 11) is 1.36. The second-order valence-electron chi connectivity index (χ2n) is 9.84. The molecule has 1 aliphatic carbocycles. The molecule has 0 fully saturated rings. The number of hydrogen-bond donors (Lipinski definition) is 0. The van der Waals surface area contributed by atoms with E-state index in [9.17, 15) is 31.5 Å². The molecule has 0 bridgehead atoms. The minimum Gasteiger partial charge on any atom is -0.327 e. The standard InChI is InChI=1S/C32H16F5N3O2/c1-39-21(24-25(33)27(35)29(37)28(36)26(24)34)14-22-32(39)38-23(40(22)17-9-3-2-4-10-17)13-20-30(41)18-11-15-7-5-6-8-16(15)12-19(18)31(20)42/h2-14H,1H3. The van der Waals surface area contributed by atoms with Crippen molar-refractivity contribution in [2.45, 2.75) is 0 Å². The molecule has 1 aliphatic rings. The van der Waals surface area contributed by atoms with Crippen molar-refractivity contribution in [3.05, 3.63) is 124 Å². The summed E-state index contributed by atoms with van der Waals surface area (Å²) in [4.78, 5) is 31.4. The van der Waals surface area contributed by atoms with E-state index >= 15 is 0 Å². The molecule has 7 rings (SSSR count). The number of nitrogens with zero attached hydrogens (tertiary/aromatic N) is 3. The third-order valence-electron chi connectivity index (χ3n) is 7.49. The molecule has 0 amide bonds. The number of aryl methyl sites for hydroxylation is 1. The molecule has 0 atom stereocenters. The van der Waals surface area contributed by atoms with Gasteiger partial charge in [0.15, 0.2) is 40.5 Å². The van der Waals surface area contributed by atoms with Crippen LogP contribution in [0.2, 0.25) is 0 Å². The molecule has 42 heavy (non-hydrogen) atoms. The average Bonchev–Trinajstić information content (AvgIpc) is 3.59. The van der Waals surface area contributed by atoms with E-state index in [1.807, 2.05) is 24.3 Å². The number of aromatic nitrogens is 3. The predicted molar refractivity (Wildman–Crippen MR) is 146 cm³/mol. The molecule has 6 aromatic rings. The third-order valence-corrected chi connectivity index (χ3v) is 7.49. The van der Waals surface area contributed by atoms with Crippen LogP contribution in [0.4, 0.5) is 22.0 Å². The highest BCUT2D eigenvalue weighted by Gasteiger charge is 2.35. The van der Waals surface area contributed by atoms with Crippen LogP contribution in [0.3, 0.4) is 0 Å². The van der Waals surface area contributed by atoms with Crippen LogP contribution in [0.1, 0.15) is 26.5 Å². The van der Waals surface area contributed by atoms with E-state index in [1.54, 1.807) is 42.5 Å². The van der Waals surface area contributed by atoms with Crippen molar-refractivity contribution < 1.29 is 31.5 Å². The number of ketones is 2. The van der Waals surface area contributed by atoms with Crippen LogP contribution in [0.25, 0.3) is 45.0 Å². The Morgan fingerprint density at radius 3 is 1.79 bits per heavy atom. The Morgan fingerprint density at radius 2 is 1.21 bits per heavy atom. The van der Waals surface area contributed by atoms with Gasteiger partial charge in [0.05, 0.1) is 22.3 Å². The predicted octanol–water partition coefficient (Wildman–Crippen LogP) is 7.34. The van der Waals surface area contributed by atoms with E-state index in [2.05, 4.69) is 4.98 Å². The Labute approximate surface area is 233 Å². The molecule has 4 aromatic carbocycles. The van der Waals surface area contributed by atoms with Crippen molar-refractivity contribution >= 4 is 39.6 Å². The quantitative estimate of drug-likeness (QED) is 0.0737. The summed E-state index contributed by atoms with van der Waals surface area (Å²) in [6.45, 7) is 0. The molecular weight excluding hydrogens is 553 g/mol. The fourth-order valence-electron chi connectivity index (χ4n) is 5.44. The van der Waals surface area contributed by atoms with E-state index in [-0.39, 0.29) is 39.4 Å². The summed E-state index contributed by atoms with van der Waals surface area (Å²) in [6.07, 6.45) is 1.35. The number of hydrogen-bond acceptors (Lipinski definition) is 3. The van der Waals surface area contributed by atoms with Gasteiger partial charge in [0.1, 0.15) is 5.82 Å². The number of Topliss-reactive ketones (excluding diaryl/α,β-unsaturated/α-hetero) is 2. The van der Waals surface area contributed by atoms with Crippen LogP contribution in [0.15, 0.2) is 78.4 Å². The lowest BCUT2D eigenvalue weighted by Crippen LogP contribution is -2.06. The number of halogens is 5. The van der Waals surface area contributed by atoms with Gasteiger partial charge in [-0.25, -0.2) is 26.9 Å². The summed E-state index contributed by atoms with van der Waals surface area (Å²) in [5, 5.41) is 1.60. The van der Waals surface area contributed by atoms with Crippen LogP contribution in [0, 0.1) is 29.1 Å². The zero-order chi connectivity index (χ0) is 29.4. The number of rotatable bonds is 3. The third kappa shape index (κ3) is 3.51.